The Morgan fingerprint density at radius 1 is 1.00 bits per heavy atom. The van der Waals surface area contributed by atoms with Crippen LogP contribution < -0.4 is 5.43 Å². The molecule has 1 aliphatic rings. The number of amides is 1. The first-order chi connectivity index (χ1) is 9.72. The van der Waals surface area contributed by atoms with Gasteiger partial charge in [-0.3, -0.25) is 4.79 Å². The highest BCUT2D eigenvalue weighted by Gasteiger charge is 2.16. The molecule has 0 radical (unpaired) electrons. The summed E-state index contributed by atoms with van der Waals surface area (Å²) in [5, 5.41) is 4.16. The van der Waals surface area contributed by atoms with Crippen molar-refractivity contribution in [1.82, 2.24) is 5.43 Å². The number of nitrogens with one attached hydrogen (secondary N) is 1. The van der Waals surface area contributed by atoms with Crippen molar-refractivity contribution in [3.63, 3.8) is 0 Å². The Morgan fingerprint density at radius 3 is 2.20 bits per heavy atom. The lowest BCUT2D eigenvalue weighted by molar-refractivity contribution is 0.0954. The van der Waals surface area contributed by atoms with Crippen LogP contribution in [0.15, 0.2) is 53.6 Å². The number of nitrogens with zero attached hydrogens (tertiary/aromatic N) is 1. The van der Waals surface area contributed by atoms with Gasteiger partial charge in [0, 0.05) is 24.1 Å². The van der Waals surface area contributed by atoms with Crippen molar-refractivity contribution in [2.45, 2.75) is 12.8 Å². The molecule has 2 aromatic carbocycles. The molecule has 20 heavy (non-hydrogen) atoms. The molecule has 2 aromatic rings. The summed E-state index contributed by atoms with van der Waals surface area (Å²) in [6, 6.07) is 13.5. The number of hydrogen-bond acceptors (Lipinski definition) is 2. The van der Waals surface area contributed by atoms with Gasteiger partial charge in [0.2, 0.25) is 0 Å². The molecule has 0 saturated carbocycles. The molecule has 0 fully saturated rings. The van der Waals surface area contributed by atoms with Crippen molar-refractivity contribution in [2.24, 2.45) is 5.10 Å². The van der Waals surface area contributed by atoms with E-state index < -0.39 is 0 Å². The van der Waals surface area contributed by atoms with Gasteiger partial charge in [0.25, 0.3) is 5.91 Å². The molecule has 3 nitrogen and oxygen atoms in total. The zero-order valence-corrected chi connectivity index (χ0v) is 10.8. The van der Waals surface area contributed by atoms with Crippen molar-refractivity contribution in [2.75, 3.05) is 0 Å². The molecular weight excluding hydrogens is 255 g/mol. The molecule has 0 spiro atoms. The third kappa shape index (κ3) is 2.59. The summed E-state index contributed by atoms with van der Waals surface area (Å²) in [4.78, 5) is 11.8. The number of halogens is 1. The lowest BCUT2D eigenvalue weighted by Gasteiger charge is -2.01. The summed E-state index contributed by atoms with van der Waals surface area (Å²) in [5.41, 5.74) is 6.35. The number of hydrazone groups is 1. The second-order valence-corrected chi connectivity index (χ2v) is 4.75. The number of carbonyl (C=O) groups is 1. The van der Waals surface area contributed by atoms with Gasteiger partial charge in [0.15, 0.2) is 0 Å². The summed E-state index contributed by atoms with van der Waals surface area (Å²) in [5.74, 6) is -0.687. The first-order valence-electron chi connectivity index (χ1n) is 6.40. The van der Waals surface area contributed by atoms with E-state index in [-0.39, 0.29) is 11.7 Å². The van der Waals surface area contributed by atoms with Gasteiger partial charge in [0.05, 0.1) is 0 Å². The summed E-state index contributed by atoms with van der Waals surface area (Å²) >= 11 is 0. The zero-order valence-electron chi connectivity index (χ0n) is 10.8. The summed E-state index contributed by atoms with van der Waals surface area (Å²) < 4.78 is 12.8. The van der Waals surface area contributed by atoms with E-state index in [9.17, 15) is 9.18 Å². The predicted octanol–water partition coefficient (Wildman–Crippen LogP) is 2.71. The number of rotatable bonds is 2. The third-order valence-corrected chi connectivity index (χ3v) is 3.33. The van der Waals surface area contributed by atoms with Crippen LogP contribution in [0.2, 0.25) is 0 Å². The molecule has 0 aromatic heterocycles. The van der Waals surface area contributed by atoms with E-state index in [4.69, 9.17) is 0 Å². The fourth-order valence-electron chi connectivity index (χ4n) is 2.28. The SMILES string of the molecule is O=C(NN=C1Cc2ccccc2C1)c1ccc(F)cc1. The maximum atomic E-state index is 12.8. The molecule has 0 aliphatic heterocycles. The van der Waals surface area contributed by atoms with Crippen molar-refractivity contribution < 1.29 is 9.18 Å². The molecule has 0 bridgehead atoms. The van der Waals surface area contributed by atoms with Gasteiger partial charge in [-0.25, -0.2) is 9.82 Å². The highest BCUT2D eigenvalue weighted by molar-refractivity contribution is 5.97. The first-order valence-corrected chi connectivity index (χ1v) is 6.40. The van der Waals surface area contributed by atoms with Crippen molar-refractivity contribution in [3.8, 4) is 0 Å². The molecular formula is C16H13FN2O. The Bertz CT molecular complexity index is 650. The number of hydrogen-bond donors (Lipinski definition) is 1. The van der Waals surface area contributed by atoms with E-state index in [1.165, 1.54) is 35.4 Å². The van der Waals surface area contributed by atoms with Gasteiger partial charge in [-0.05, 0) is 35.4 Å². The molecule has 0 unspecified atom stereocenters. The Labute approximate surface area is 116 Å². The van der Waals surface area contributed by atoms with Crippen LogP contribution >= 0.6 is 0 Å². The van der Waals surface area contributed by atoms with Crippen LogP contribution in [0, 0.1) is 5.82 Å². The van der Waals surface area contributed by atoms with E-state index in [1.807, 2.05) is 12.1 Å². The van der Waals surface area contributed by atoms with Gasteiger partial charge in [-0.1, -0.05) is 24.3 Å². The fourth-order valence-corrected chi connectivity index (χ4v) is 2.28. The molecule has 1 aliphatic carbocycles. The summed E-state index contributed by atoms with van der Waals surface area (Å²) in [6.45, 7) is 0. The van der Waals surface area contributed by atoms with Gasteiger partial charge >= 0.3 is 0 Å². The highest BCUT2D eigenvalue weighted by Crippen LogP contribution is 2.19. The molecule has 1 amide bonds. The zero-order chi connectivity index (χ0) is 13.9. The number of benzene rings is 2. The van der Waals surface area contributed by atoms with E-state index in [0.717, 1.165) is 18.6 Å². The van der Waals surface area contributed by atoms with Crippen LogP contribution in [-0.4, -0.2) is 11.6 Å². The van der Waals surface area contributed by atoms with Crippen molar-refractivity contribution in [3.05, 3.63) is 71.0 Å². The lowest BCUT2D eigenvalue weighted by Crippen LogP contribution is -2.19. The minimum atomic E-state index is -0.362. The number of fused-ring (bicyclic) bond motifs is 1. The van der Waals surface area contributed by atoms with Gasteiger partial charge < -0.3 is 0 Å². The standard InChI is InChI=1S/C16H13FN2O/c17-14-7-5-11(6-8-14)16(20)19-18-15-9-12-3-1-2-4-13(12)10-15/h1-8H,9-10H2,(H,19,20). The van der Waals surface area contributed by atoms with E-state index in [0.29, 0.717) is 5.56 Å². The second-order valence-electron chi connectivity index (χ2n) is 4.75. The fraction of sp³-hybridized carbons (Fsp3) is 0.125. The Kier molecular flexibility index (Phi) is 3.29. The second kappa shape index (κ2) is 5.25. The minimum Gasteiger partial charge on any atom is -0.267 e. The van der Waals surface area contributed by atoms with Crippen LogP contribution in [-0.2, 0) is 12.8 Å². The normalized spacial score (nSPS) is 12.9. The van der Waals surface area contributed by atoms with Crippen molar-refractivity contribution >= 4 is 11.6 Å². The summed E-state index contributed by atoms with van der Waals surface area (Å²) in [6.07, 6.45) is 1.53. The minimum absolute atomic E-state index is 0.326. The Morgan fingerprint density at radius 2 is 1.60 bits per heavy atom. The maximum Gasteiger partial charge on any atom is 0.271 e. The molecule has 1 N–H and O–H groups in total. The summed E-state index contributed by atoms with van der Waals surface area (Å²) in [7, 11) is 0. The average Bonchev–Trinajstić information content (AvgIpc) is 2.88. The predicted molar refractivity (Wildman–Crippen MR) is 75.2 cm³/mol. The van der Waals surface area contributed by atoms with E-state index >= 15 is 0 Å². The molecule has 0 heterocycles. The van der Waals surface area contributed by atoms with Gasteiger partial charge in [-0.15, -0.1) is 0 Å². The van der Waals surface area contributed by atoms with Crippen molar-refractivity contribution in [1.29, 1.82) is 0 Å². The van der Waals surface area contributed by atoms with Crippen LogP contribution in [0.25, 0.3) is 0 Å². The smallest absolute Gasteiger partial charge is 0.267 e. The Balaban J connectivity index is 1.67. The number of carbonyl (C=O) groups excluding carboxylic acids is 1. The molecule has 100 valence electrons. The molecule has 4 heteroatoms. The van der Waals surface area contributed by atoms with Crippen LogP contribution in [0.5, 0.6) is 0 Å². The first kappa shape index (κ1) is 12.5. The van der Waals surface area contributed by atoms with Gasteiger partial charge in [0.1, 0.15) is 5.82 Å². The molecule has 0 atom stereocenters. The molecule has 0 saturated heterocycles. The van der Waals surface area contributed by atoms with Crippen LogP contribution in [0.4, 0.5) is 4.39 Å². The van der Waals surface area contributed by atoms with E-state index in [1.54, 1.807) is 0 Å². The lowest BCUT2D eigenvalue weighted by atomic mass is 10.1. The monoisotopic (exact) mass is 268 g/mol. The quantitative estimate of drug-likeness (QED) is 0.836. The highest BCUT2D eigenvalue weighted by atomic mass is 19.1. The van der Waals surface area contributed by atoms with Gasteiger partial charge in [-0.2, -0.15) is 5.10 Å². The Hall–Kier alpha value is -2.49. The van der Waals surface area contributed by atoms with Crippen LogP contribution in [0.1, 0.15) is 21.5 Å². The topological polar surface area (TPSA) is 41.5 Å². The maximum absolute atomic E-state index is 12.8. The molecule has 3 rings (SSSR count). The largest absolute Gasteiger partial charge is 0.271 e. The third-order valence-electron chi connectivity index (χ3n) is 3.33. The van der Waals surface area contributed by atoms with Crippen LogP contribution in [0.3, 0.4) is 0 Å². The van der Waals surface area contributed by atoms with E-state index in [2.05, 4.69) is 22.7 Å². The average molecular weight is 268 g/mol.